The molecule has 0 bridgehead atoms. The first-order valence-electron chi connectivity index (χ1n) is 12.5. The number of aromatic amines is 1. The van der Waals surface area contributed by atoms with Crippen molar-refractivity contribution >= 4 is 67.8 Å². The molecular weight excluding hydrogens is 459 g/mol. The number of ether oxygens (including phenoxy) is 1. The van der Waals surface area contributed by atoms with Gasteiger partial charge in [0.1, 0.15) is 29.3 Å². The number of hydrogen-bond donors (Lipinski definition) is 3. The summed E-state index contributed by atoms with van der Waals surface area (Å²) >= 11 is 0. The molecular formula is C30H24BN4O2+. The Labute approximate surface area is 214 Å². The molecule has 8 rings (SSSR count). The van der Waals surface area contributed by atoms with Crippen LogP contribution in [0.3, 0.4) is 0 Å². The van der Waals surface area contributed by atoms with Crippen LogP contribution in [0.2, 0.25) is 0 Å². The van der Waals surface area contributed by atoms with Crippen molar-refractivity contribution < 1.29 is 13.7 Å². The SMILES string of the molecule is COc1cc2c(oc3cc4c(cc32)Nc2cccc3c2B4c2ccccc2N3)c(-c2[nH]cc[n+]2C)c1C. The van der Waals surface area contributed by atoms with Gasteiger partial charge in [0.05, 0.1) is 14.2 Å². The van der Waals surface area contributed by atoms with Gasteiger partial charge in [-0.1, -0.05) is 24.3 Å². The lowest BCUT2D eigenvalue weighted by Crippen LogP contribution is -2.58. The first-order chi connectivity index (χ1) is 18.1. The average molecular weight is 483 g/mol. The Balaban J connectivity index is 1.45. The van der Waals surface area contributed by atoms with Crippen LogP contribution in [0, 0.1) is 6.92 Å². The number of hydrogen-bond acceptors (Lipinski definition) is 4. The average Bonchev–Trinajstić information content (AvgIpc) is 3.49. The van der Waals surface area contributed by atoms with E-state index in [0.717, 1.165) is 67.4 Å². The van der Waals surface area contributed by atoms with E-state index in [0.29, 0.717) is 0 Å². The summed E-state index contributed by atoms with van der Waals surface area (Å²) in [6, 6.07) is 21.6. The van der Waals surface area contributed by atoms with Gasteiger partial charge in [-0.05, 0) is 59.7 Å². The number of rotatable bonds is 2. The van der Waals surface area contributed by atoms with Gasteiger partial charge in [0, 0.05) is 39.1 Å². The summed E-state index contributed by atoms with van der Waals surface area (Å²) in [6.45, 7) is 2.20. The lowest BCUT2D eigenvalue weighted by atomic mass is 9.34. The topological polar surface area (TPSA) is 66.1 Å². The number of methoxy groups -OCH3 is 1. The lowest BCUT2D eigenvalue weighted by Gasteiger charge is -2.34. The number of benzene rings is 4. The highest BCUT2D eigenvalue weighted by atomic mass is 16.5. The van der Waals surface area contributed by atoms with Crippen LogP contribution in [-0.4, -0.2) is 18.8 Å². The van der Waals surface area contributed by atoms with Gasteiger partial charge in [0.25, 0.3) is 12.5 Å². The maximum atomic E-state index is 6.69. The molecule has 0 saturated heterocycles. The Morgan fingerprint density at radius 1 is 0.865 bits per heavy atom. The van der Waals surface area contributed by atoms with Gasteiger partial charge in [-0.15, -0.1) is 0 Å². The predicted octanol–water partition coefficient (Wildman–Crippen LogP) is 4.35. The highest BCUT2D eigenvalue weighted by Gasteiger charge is 2.38. The first kappa shape index (κ1) is 20.5. The van der Waals surface area contributed by atoms with E-state index in [4.69, 9.17) is 9.15 Å². The molecule has 2 aromatic heterocycles. The van der Waals surface area contributed by atoms with Crippen LogP contribution in [0.5, 0.6) is 5.75 Å². The molecule has 178 valence electrons. The quantitative estimate of drug-likeness (QED) is 0.253. The van der Waals surface area contributed by atoms with Gasteiger partial charge in [-0.25, -0.2) is 9.55 Å². The number of nitrogens with one attached hydrogen (secondary N) is 3. The van der Waals surface area contributed by atoms with Crippen LogP contribution in [-0.2, 0) is 7.05 Å². The summed E-state index contributed by atoms with van der Waals surface area (Å²) in [6.07, 6.45) is 3.95. The summed E-state index contributed by atoms with van der Waals surface area (Å²) in [4.78, 5) is 3.39. The molecule has 0 atom stereocenters. The van der Waals surface area contributed by atoms with Crippen molar-refractivity contribution in [3.63, 3.8) is 0 Å². The van der Waals surface area contributed by atoms with Gasteiger partial charge < -0.3 is 19.8 Å². The molecule has 0 fully saturated rings. The molecule has 0 aliphatic carbocycles. The van der Waals surface area contributed by atoms with Crippen molar-refractivity contribution in [2.75, 3.05) is 17.7 Å². The summed E-state index contributed by atoms with van der Waals surface area (Å²) < 4.78 is 14.6. The summed E-state index contributed by atoms with van der Waals surface area (Å²) in [5, 5.41) is 9.46. The molecule has 4 aromatic carbocycles. The minimum Gasteiger partial charge on any atom is -0.496 e. The number of aromatic nitrogens is 2. The third-order valence-corrected chi connectivity index (χ3v) is 7.99. The van der Waals surface area contributed by atoms with E-state index < -0.39 is 0 Å². The van der Waals surface area contributed by atoms with Crippen molar-refractivity contribution in [3.8, 4) is 17.1 Å². The van der Waals surface area contributed by atoms with Gasteiger partial charge >= 0.3 is 0 Å². The maximum Gasteiger partial charge on any atom is 0.290 e. The predicted molar refractivity (Wildman–Crippen MR) is 150 cm³/mol. The molecule has 0 spiro atoms. The molecule has 4 heterocycles. The fourth-order valence-corrected chi connectivity index (χ4v) is 6.26. The molecule has 2 aliphatic rings. The van der Waals surface area contributed by atoms with Crippen molar-refractivity contribution in [2.45, 2.75) is 6.92 Å². The Kier molecular flexibility index (Phi) is 4.00. The number of imidazole rings is 1. The van der Waals surface area contributed by atoms with Crippen LogP contribution in [0.1, 0.15) is 5.56 Å². The number of fused-ring (bicyclic) bond motifs is 7. The van der Waals surface area contributed by atoms with Crippen molar-refractivity contribution in [1.29, 1.82) is 0 Å². The number of furan rings is 1. The second-order valence-electron chi connectivity index (χ2n) is 9.95. The second kappa shape index (κ2) is 7.20. The van der Waals surface area contributed by atoms with E-state index in [-0.39, 0.29) is 6.71 Å². The van der Waals surface area contributed by atoms with Crippen LogP contribution in [0.15, 0.2) is 77.5 Å². The van der Waals surface area contributed by atoms with Crippen molar-refractivity contribution in [1.82, 2.24) is 4.98 Å². The fraction of sp³-hybridized carbons (Fsp3) is 0.100. The minimum absolute atomic E-state index is 0.120. The summed E-state index contributed by atoms with van der Waals surface area (Å²) in [5.41, 5.74) is 12.1. The molecule has 6 nitrogen and oxygen atoms in total. The zero-order valence-electron chi connectivity index (χ0n) is 20.8. The Morgan fingerprint density at radius 3 is 2.43 bits per heavy atom. The van der Waals surface area contributed by atoms with E-state index in [1.54, 1.807) is 7.11 Å². The molecule has 6 aromatic rings. The number of H-pyrrole nitrogens is 1. The summed E-state index contributed by atoms with van der Waals surface area (Å²) in [7, 11) is 3.76. The van der Waals surface area contributed by atoms with E-state index in [9.17, 15) is 0 Å². The minimum atomic E-state index is 0.120. The molecule has 7 heteroatoms. The van der Waals surface area contributed by atoms with Crippen molar-refractivity contribution in [2.24, 2.45) is 7.05 Å². The molecule has 2 aliphatic heterocycles. The third-order valence-electron chi connectivity index (χ3n) is 7.99. The maximum absolute atomic E-state index is 6.69. The number of nitrogens with zero attached hydrogens (tertiary/aromatic N) is 1. The van der Waals surface area contributed by atoms with Gasteiger partial charge in [-0.3, -0.25) is 0 Å². The Morgan fingerprint density at radius 2 is 1.65 bits per heavy atom. The van der Waals surface area contributed by atoms with Crippen LogP contribution >= 0.6 is 0 Å². The molecule has 0 unspecified atom stereocenters. The molecule has 0 amide bonds. The highest BCUT2D eigenvalue weighted by Crippen LogP contribution is 2.42. The standard InChI is InChI=1S/C30H23BN4O2/c1-16-25(36-3)14-18-17-13-24-20(15-26(17)37-29(18)27(16)30-32-11-12-35(30)2)31-19-7-4-5-8-21(19)33-22-9-6-10-23(34-24)28(22)31/h4-15,33-34H,1-3H3/p+1. The zero-order valence-corrected chi connectivity index (χ0v) is 20.8. The lowest BCUT2D eigenvalue weighted by molar-refractivity contribution is -0.658. The third kappa shape index (κ3) is 2.68. The van der Waals surface area contributed by atoms with E-state index in [1.165, 1.54) is 16.4 Å². The van der Waals surface area contributed by atoms with Crippen molar-refractivity contribution in [3.05, 3.63) is 78.6 Å². The van der Waals surface area contributed by atoms with Crippen LogP contribution in [0.4, 0.5) is 22.7 Å². The summed E-state index contributed by atoms with van der Waals surface area (Å²) in [5.74, 6) is 1.82. The number of anilines is 4. The first-order valence-corrected chi connectivity index (χ1v) is 12.5. The number of aryl methyl sites for hydroxylation is 1. The smallest absolute Gasteiger partial charge is 0.290 e. The van der Waals surface area contributed by atoms with Crippen LogP contribution in [0.25, 0.3) is 33.3 Å². The van der Waals surface area contributed by atoms with E-state index >= 15 is 0 Å². The molecule has 3 N–H and O–H groups in total. The molecule has 37 heavy (non-hydrogen) atoms. The van der Waals surface area contributed by atoms with Gasteiger partial charge in [0.2, 0.25) is 0 Å². The van der Waals surface area contributed by atoms with Gasteiger partial charge in [-0.2, -0.15) is 0 Å². The highest BCUT2D eigenvalue weighted by molar-refractivity contribution is 7.00. The molecule has 0 radical (unpaired) electrons. The largest absolute Gasteiger partial charge is 0.496 e. The molecule has 0 saturated carbocycles. The second-order valence-corrected chi connectivity index (χ2v) is 9.95. The fourth-order valence-electron chi connectivity index (χ4n) is 6.26. The van der Waals surface area contributed by atoms with E-state index in [2.05, 4.69) is 87.8 Å². The van der Waals surface area contributed by atoms with Gasteiger partial charge in [0.15, 0.2) is 5.58 Å². The monoisotopic (exact) mass is 483 g/mol. The Hall–Kier alpha value is -4.65. The zero-order chi connectivity index (χ0) is 24.8. The Bertz CT molecular complexity index is 1920. The van der Waals surface area contributed by atoms with Crippen LogP contribution < -0.4 is 36.3 Å². The normalized spacial score (nSPS) is 13.1. The van der Waals surface area contributed by atoms with E-state index in [1.807, 2.05) is 19.4 Å². The number of para-hydroxylation sites is 1.